The van der Waals surface area contributed by atoms with Crippen LogP contribution in [0, 0.1) is 13.8 Å². The van der Waals surface area contributed by atoms with Gasteiger partial charge in [-0.25, -0.2) is 0 Å². The number of benzene rings is 3. The lowest BCUT2D eigenvalue weighted by Crippen LogP contribution is -2.34. The summed E-state index contributed by atoms with van der Waals surface area (Å²) in [7, 11) is 0. The van der Waals surface area contributed by atoms with Gasteiger partial charge in [-0.05, 0) is 55.2 Å². The molecule has 2 aliphatic heterocycles. The quantitative estimate of drug-likeness (QED) is 0.464. The van der Waals surface area contributed by atoms with Gasteiger partial charge < -0.3 is 9.47 Å². The molecule has 0 saturated carbocycles. The number of rotatable bonds is 4. The molecule has 0 amide bonds. The second-order valence-electron chi connectivity index (χ2n) is 8.39. The highest BCUT2D eigenvalue weighted by Crippen LogP contribution is 2.44. The summed E-state index contributed by atoms with van der Waals surface area (Å²) >= 11 is 6.31. The number of ketones is 1. The van der Waals surface area contributed by atoms with Gasteiger partial charge in [-0.3, -0.25) is 9.69 Å². The zero-order chi connectivity index (χ0) is 22.2. The number of carbonyl (C=O) groups is 1. The molecule has 0 fully saturated rings. The molecule has 2 heterocycles. The lowest BCUT2D eigenvalue weighted by atomic mass is 9.98. The van der Waals surface area contributed by atoms with Crippen molar-refractivity contribution in [3.63, 3.8) is 0 Å². The SMILES string of the molecule is Cc1ccc(/C=C2\Oc3c4c(cc(C)c3C2=O)OCN(CCc2ccccc2Cl)C4)cc1. The van der Waals surface area contributed by atoms with Crippen molar-refractivity contribution < 1.29 is 14.3 Å². The zero-order valence-corrected chi connectivity index (χ0v) is 18.9. The summed E-state index contributed by atoms with van der Waals surface area (Å²) in [6, 6.07) is 17.9. The van der Waals surface area contributed by atoms with E-state index in [1.807, 2.05) is 74.5 Å². The first-order chi connectivity index (χ1) is 15.5. The average Bonchev–Trinajstić information content (AvgIpc) is 3.12. The van der Waals surface area contributed by atoms with Crippen LogP contribution in [0.3, 0.4) is 0 Å². The maximum atomic E-state index is 13.1. The highest BCUT2D eigenvalue weighted by molar-refractivity contribution is 6.31. The molecule has 5 heteroatoms. The van der Waals surface area contributed by atoms with Gasteiger partial charge >= 0.3 is 0 Å². The molecule has 3 aromatic carbocycles. The number of ether oxygens (including phenoxy) is 2. The molecule has 0 unspecified atom stereocenters. The number of Topliss-reactive ketones (excluding diaryl/α,β-unsaturated/α-hetero) is 1. The van der Waals surface area contributed by atoms with Crippen molar-refractivity contribution in [2.24, 2.45) is 0 Å². The molecule has 0 saturated heterocycles. The summed E-state index contributed by atoms with van der Waals surface area (Å²) in [5.41, 5.74) is 5.67. The summed E-state index contributed by atoms with van der Waals surface area (Å²) in [4.78, 5) is 15.3. The molecule has 0 aliphatic carbocycles. The number of hydrogen-bond donors (Lipinski definition) is 0. The minimum atomic E-state index is -0.0749. The first-order valence-corrected chi connectivity index (χ1v) is 11.1. The molecule has 3 aromatic rings. The van der Waals surface area contributed by atoms with E-state index in [9.17, 15) is 4.79 Å². The van der Waals surface area contributed by atoms with Crippen LogP contribution < -0.4 is 9.47 Å². The van der Waals surface area contributed by atoms with Gasteiger partial charge in [0.2, 0.25) is 5.78 Å². The van der Waals surface area contributed by atoms with Crippen LogP contribution in [0.2, 0.25) is 5.02 Å². The number of fused-ring (bicyclic) bond motifs is 3. The number of halogens is 1. The summed E-state index contributed by atoms with van der Waals surface area (Å²) in [5, 5.41) is 0.780. The van der Waals surface area contributed by atoms with Gasteiger partial charge in [0.05, 0.1) is 11.1 Å². The Morgan fingerprint density at radius 1 is 1.09 bits per heavy atom. The van der Waals surface area contributed by atoms with E-state index >= 15 is 0 Å². The largest absolute Gasteiger partial charge is 0.478 e. The van der Waals surface area contributed by atoms with Crippen LogP contribution in [0.4, 0.5) is 0 Å². The normalized spacial score (nSPS) is 16.5. The Morgan fingerprint density at radius 2 is 1.88 bits per heavy atom. The topological polar surface area (TPSA) is 38.8 Å². The van der Waals surface area contributed by atoms with Crippen LogP contribution in [0.15, 0.2) is 60.4 Å². The molecule has 4 nitrogen and oxygen atoms in total. The molecule has 0 aromatic heterocycles. The summed E-state index contributed by atoms with van der Waals surface area (Å²) < 4.78 is 12.2. The Morgan fingerprint density at radius 3 is 2.66 bits per heavy atom. The smallest absolute Gasteiger partial charge is 0.232 e. The first-order valence-electron chi connectivity index (χ1n) is 10.8. The maximum absolute atomic E-state index is 13.1. The number of carbonyl (C=O) groups excluding carboxylic acids is 1. The van der Waals surface area contributed by atoms with E-state index in [0.29, 0.717) is 30.3 Å². The van der Waals surface area contributed by atoms with E-state index in [2.05, 4.69) is 4.90 Å². The van der Waals surface area contributed by atoms with Crippen LogP contribution in [-0.4, -0.2) is 24.0 Å². The third-order valence-corrected chi connectivity index (χ3v) is 6.39. The highest BCUT2D eigenvalue weighted by Gasteiger charge is 2.35. The molecule has 0 N–H and O–H groups in total. The van der Waals surface area contributed by atoms with Crippen LogP contribution >= 0.6 is 11.6 Å². The first kappa shape index (κ1) is 20.8. The molecule has 5 rings (SSSR count). The number of nitrogens with zero attached hydrogens (tertiary/aromatic N) is 1. The van der Waals surface area contributed by atoms with Gasteiger partial charge in [-0.2, -0.15) is 0 Å². The van der Waals surface area contributed by atoms with Gasteiger partial charge in [-0.15, -0.1) is 0 Å². The second kappa shape index (κ2) is 8.45. The second-order valence-corrected chi connectivity index (χ2v) is 8.80. The van der Waals surface area contributed by atoms with E-state index in [1.165, 1.54) is 5.56 Å². The molecule has 0 bridgehead atoms. The van der Waals surface area contributed by atoms with E-state index in [4.69, 9.17) is 21.1 Å². The molecule has 162 valence electrons. The summed E-state index contributed by atoms with van der Waals surface area (Å²) in [6.07, 6.45) is 2.64. The fourth-order valence-corrected chi connectivity index (χ4v) is 4.44. The van der Waals surface area contributed by atoms with Gasteiger partial charge in [-0.1, -0.05) is 59.6 Å². The van der Waals surface area contributed by atoms with E-state index < -0.39 is 0 Å². The predicted molar refractivity (Wildman–Crippen MR) is 126 cm³/mol. The fraction of sp³-hybridized carbons (Fsp3) is 0.222. The van der Waals surface area contributed by atoms with Crippen molar-refractivity contribution in [1.29, 1.82) is 0 Å². The lowest BCUT2D eigenvalue weighted by Gasteiger charge is -2.30. The van der Waals surface area contributed by atoms with Crippen LogP contribution in [0.25, 0.3) is 6.08 Å². The Kier molecular flexibility index (Phi) is 5.50. The Labute approximate surface area is 193 Å². The van der Waals surface area contributed by atoms with Crippen molar-refractivity contribution in [2.75, 3.05) is 13.3 Å². The van der Waals surface area contributed by atoms with E-state index in [0.717, 1.165) is 46.0 Å². The van der Waals surface area contributed by atoms with Gasteiger partial charge in [0.1, 0.15) is 18.2 Å². The van der Waals surface area contributed by atoms with Crippen LogP contribution in [-0.2, 0) is 13.0 Å². The number of aryl methyl sites for hydroxylation is 2. The van der Waals surface area contributed by atoms with Gasteiger partial charge in [0.15, 0.2) is 5.76 Å². The van der Waals surface area contributed by atoms with Crippen molar-refractivity contribution in [3.8, 4) is 11.5 Å². The maximum Gasteiger partial charge on any atom is 0.232 e. The standard InChI is InChI=1S/C27H24ClNO3/c1-17-7-9-19(10-8-17)14-24-26(30)25-18(2)13-23-21(27(25)32-24)15-29(16-31-23)12-11-20-5-3-4-6-22(20)28/h3-10,13-14H,11-12,15-16H2,1-2H3/b24-14-. The van der Waals surface area contributed by atoms with Gasteiger partial charge in [0, 0.05) is 18.1 Å². The average molecular weight is 446 g/mol. The summed E-state index contributed by atoms with van der Waals surface area (Å²) in [6.45, 7) is 5.93. The van der Waals surface area contributed by atoms with Crippen LogP contribution in [0.1, 0.15) is 38.2 Å². The summed E-state index contributed by atoms with van der Waals surface area (Å²) in [5.74, 6) is 1.70. The fourth-order valence-electron chi connectivity index (χ4n) is 4.21. The Hall–Kier alpha value is -3.08. The monoisotopic (exact) mass is 445 g/mol. The molecular weight excluding hydrogens is 422 g/mol. The molecular formula is C27H24ClNO3. The molecule has 0 radical (unpaired) electrons. The van der Waals surface area contributed by atoms with E-state index in [-0.39, 0.29) is 5.78 Å². The van der Waals surface area contributed by atoms with Crippen molar-refractivity contribution in [1.82, 2.24) is 4.90 Å². The lowest BCUT2D eigenvalue weighted by molar-refractivity contribution is 0.0949. The van der Waals surface area contributed by atoms with Crippen molar-refractivity contribution in [2.45, 2.75) is 26.8 Å². The van der Waals surface area contributed by atoms with Crippen LogP contribution in [0.5, 0.6) is 11.5 Å². The van der Waals surface area contributed by atoms with Crippen molar-refractivity contribution in [3.05, 3.63) is 98.8 Å². The zero-order valence-electron chi connectivity index (χ0n) is 18.2. The Bertz CT molecular complexity index is 1230. The third-order valence-electron chi connectivity index (χ3n) is 6.02. The molecule has 0 spiro atoms. The number of allylic oxidation sites excluding steroid dienone is 1. The van der Waals surface area contributed by atoms with Crippen molar-refractivity contribution >= 4 is 23.5 Å². The van der Waals surface area contributed by atoms with E-state index in [1.54, 1.807) is 0 Å². The number of hydrogen-bond acceptors (Lipinski definition) is 4. The van der Waals surface area contributed by atoms with Gasteiger partial charge in [0.25, 0.3) is 0 Å². The minimum Gasteiger partial charge on any atom is -0.478 e. The Balaban J connectivity index is 1.40. The molecule has 0 atom stereocenters. The third kappa shape index (κ3) is 3.92. The minimum absolute atomic E-state index is 0.0749. The molecule has 2 aliphatic rings. The predicted octanol–water partition coefficient (Wildman–Crippen LogP) is 5.97. The molecule has 32 heavy (non-hydrogen) atoms. The highest BCUT2D eigenvalue weighted by atomic mass is 35.5.